The fourth-order valence-electron chi connectivity index (χ4n) is 2.47. The highest BCUT2D eigenvalue weighted by Gasteiger charge is 2.48. The molecule has 1 saturated carbocycles. The second-order valence-corrected chi connectivity index (χ2v) is 5.68. The number of carbonyl (C=O) groups is 1. The first-order valence-corrected chi connectivity index (χ1v) is 7.23. The van der Waals surface area contributed by atoms with Crippen molar-refractivity contribution in [1.29, 1.82) is 0 Å². The lowest BCUT2D eigenvalue weighted by Gasteiger charge is -2.35. The monoisotopic (exact) mass is 279 g/mol. The number of nitrogens with two attached hydrogens (primary N) is 1. The zero-order valence-corrected chi connectivity index (χ0v) is 11.8. The number of aryl methyl sites for hydroxylation is 1. The van der Waals surface area contributed by atoms with Crippen molar-refractivity contribution in [3.8, 4) is 0 Å². The van der Waals surface area contributed by atoms with Crippen molar-refractivity contribution in [2.45, 2.75) is 38.3 Å². The minimum atomic E-state index is -0.550. The van der Waals surface area contributed by atoms with E-state index >= 15 is 0 Å². The van der Waals surface area contributed by atoms with E-state index in [9.17, 15) is 4.79 Å². The summed E-state index contributed by atoms with van der Waals surface area (Å²) < 4.78 is 5.10. The predicted molar refractivity (Wildman–Crippen MR) is 71.7 cm³/mol. The van der Waals surface area contributed by atoms with Crippen LogP contribution in [-0.4, -0.2) is 57.6 Å². The van der Waals surface area contributed by atoms with Gasteiger partial charge < -0.3 is 15.2 Å². The average molecular weight is 279 g/mol. The maximum Gasteiger partial charge on any atom is 0.242 e. The van der Waals surface area contributed by atoms with Gasteiger partial charge in [-0.25, -0.2) is 0 Å². The van der Waals surface area contributed by atoms with E-state index in [2.05, 4.69) is 15.0 Å². The summed E-state index contributed by atoms with van der Waals surface area (Å²) in [4.78, 5) is 20.6. The van der Waals surface area contributed by atoms with Gasteiger partial charge in [-0.05, 0) is 12.8 Å². The van der Waals surface area contributed by atoms with Crippen LogP contribution in [0.5, 0.6) is 0 Å². The molecule has 0 atom stereocenters. The molecule has 1 aromatic heterocycles. The summed E-state index contributed by atoms with van der Waals surface area (Å²) in [5.41, 5.74) is 5.41. The van der Waals surface area contributed by atoms with E-state index in [0.717, 1.165) is 51.3 Å². The molecular formula is C13H21N5O2. The van der Waals surface area contributed by atoms with Crippen LogP contribution in [0.3, 0.4) is 0 Å². The molecule has 0 radical (unpaired) electrons. The molecule has 1 saturated heterocycles. The smallest absolute Gasteiger partial charge is 0.242 e. The summed E-state index contributed by atoms with van der Waals surface area (Å²) in [5, 5.41) is 3.96. The number of hydrogen-bond donors (Lipinski definition) is 1. The Hall–Kier alpha value is -1.47. The highest BCUT2D eigenvalue weighted by molar-refractivity contribution is 5.89. The third-order valence-corrected chi connectivity index (χ3v) is 4.05. The van der Waals surface area contributed by atoms with Gasteiger partial charge in [0.2, 0.25) is 11.8 Å². The van der Waals surface area contributed by atoms with E-state index in [1.165, 1.54) is 0 Å². The zero-order chi connectivity index (χ0) is 14.2. The second-order valence-electron chi connectivity index (χ2n) is 5.68. The first kappa shape index (κ1) is 13.5. The zero-order valence-electron chi connectivity index (χ0n) is 11.8. The molecule has 2 N–H and O–H groups in total. The van der Waals surface area contributed by atoms with Gasteiger partial charge in [0.25, 0.3) is 0 Å². The molecule has 2 fully saturated rings. The van der Waals surface area contributed by atoms with Crippen LogP contribution in [0.15, 0.2) is 4.52 Å². The summed E-state index contributed by atoms with van der Waals surface area (Å²) in [5.74, 6) is 1.51. The molecule has 0 bridgehead atoms. The van der Waals surface area contributed by atoms with Crippen LogP contribution in [0, 0.1) is 0 Å². The maximum absolute atomic E-state index is 12.1. The van der Waals surface area contributed by atoms with Crippen molar-refractivity contribution >= 4 is 5.91 Å². The SMILES string of the molecule is CCc1nc(CN2CCN(C(=O)C3(N)CC3)CC2)no1. The molecule has 7 heteroatoms. The maximum atomic E-state index is 12.1. The van der Waals surface area contributed by atoms with E-state index in [0.29, 0.717) is 12.4 Å². The number of hydrogen-bond acceptors (Lipinski definition) is 6. The number of aromatic nitrogens is 2. The van der Waals surface area contributed by atoms with Crippen LogP contribution < -0.4 is 5.73 Å². The molecule has 2 heterocycles. The second kappa shape index (κ2) is 5.14. The van der Waals surface area contributed by atoms with Gasteiger partial charge in [-0.3, -0.25) is 9.69 Å². The van der Waals surface area contributed by atoms with Gasteiger partial charge in [0.1, 0.15) is 0 Å². The van der Waals surface area contributed by atoms with Gasteiger partial charge in [0, 0.05) is 32.6 Å². The Morgan fingerprint density at radius 2 is 2.05 bits per heavy atom. The van der Waals surface area contributed by atoms with Crippen LogP contribution in [0.2, 0.25) is 0 Å². The van der Waals surface area contributed by atoms with Crippen LogP contribution >= 0.6 is 0 Å². The van der Waals surface area contributed by atoms with Gasteiger partial charge in [-0.2, -0.15) is 4.98 Å². The Morgan fingerprint density at radius 3 is 2.60 bits per heavy atom. The van der Waals surface area contributed by atoms with Crippen LogP contribution in [0.25, 0.3) is 0 Å². The normalized spacial score (nSPS) is 22.0. The molecule has 0 spiro atoms. The predicted octanol–water partition coefficient (Wildman–Crippen LogP) is -0.232. The van der Waals surface area contributed by atoms with Crippen LogP contribution in [0.1, 0.15) is 31.5 Å². The molecule has 1 aliphatic heterocycles. The minimum Gasteiger partial charge on any atom is -0.339 e. The molecule has 7 nitrogen and oxygen atoms in total. The quantitative estimate of drug-likeness (QED) is 0.819. The fourth-order valence-corrected chi connectivity index (χ4v) is 2.47. The van der Waals surface area contributed by atoms with Gasteiger partial charge in [-0.1, -0.05) is 12.1 Å². The molecule has 1 amide bonds. The Morgan fingerprint density at radius 1 is 1.35 bits per heavy atom. The van der Waals surface area contributed by atoms with Crippen molar-refractivity contribution in [3.63, 3.8) is 0 Å². The van der Waals surface area contributed by atoms with Crippen LogP contribution in [0.4, 0.5) is 0 Å². The van der Waals surface area contributed by atoms with E-state index in [1.54, 1.807) is 0 Å². The Balaban J connectivity index is 1.49. The van der Waals surface area contributed by atoms with Gasteiger partial charge in [0.15, 0.2) is 5.82 Å². The summed E-state index contributed by atoms with van der Waals surface area (Å²) in [6, 6.07) is 0. The van der Waals surface area contributed by atoms with Gasteiger partial charge in [0.05, 0.1) is 12.1 Å². The number of carbonyl (C=O) groups excluding carboxylic acids is 1. The van der Waals surface area contributed by atoms with Gasteiger partial charge >= 0.3 is 0 Å². The third kappa shape index (κ3) is 2.69. The highest BCUT2D eigenvalue weighted by atomic mass is 16.5. The molecule has 2 aliphatic rings. The molecule has 20 heavy (non-hydrogen) atoms. The topological polar surface area (TPSA) is 88.5 Å². The largest absolute Gasteiger partial charge is 0.339 e. The molecular weight excluding hydrogens is 258 g/mol. The van der Waals surface area contributed by atoms with Crippen molar-refractivity contribution in [1.82, 2.24) is 19.9 Å². The minimum absolute atomic E-state index is 0.116. The first-order valence-electron chi connectivity index (χ1n) is 7.23. The molecule has 110 valence electrons. The number of piperazine rings is 1. The van der Waals surface area contributed by atoms with E-state index in [1.807, 2.05) is 11.8 Å². The number of nitrogens with zero attached hydrogens (tertiary/aromatic N) is 4. The summed E-state index contributed by atoms with van der Waals surface area (Å²) >= 11 is 0. The highest BCUT2D eigenvalue weighted by Crippen LogP contribution is 2.34. The number of amides is 1. The standard InChI is InChI=1S/C13H21N5O2/c1-2-11-15-10(16-20-11)9-17-5-7-18(8-6-17)12(19)13(14)3-4-13/h2-9,14H2,1H3. The fraction of sp³-hybridized carbons (Fsp3) is 0.769. The summed E-state index contributed by atoms with van der Waals surface area (Å²) in [6.07, 6.45) is 2.41. The van der Waals surface area contributed by atoms with E-state index < -0.39 is 5.54 Å². The molecule has 0 aromatic carbocycles. The number of rotatable bonds is 4. The third-order valence-electron chi connectivity index (χ3n) is 4.05. The molecule has 3 rings (SSSR count). The van der Waals surface area contributed by atoms with E-state index in [-0.39, 0.29) is 5.91 Å². The lowest BCUT2D eigenvalue weighted by atomic mass is 10.2. The Kier molecular flexibility index (Phi) is 3.47. The van der Waals surface area contributed by atoms with Crippen LogP contribution in [-0.2, 0) is 17.8 Å². The lowest BCUT2D eigenvalue weighted by molar-refractivity contribution is -0.135. The summed E-state index contributed by atoms with van der Waals surface area (Å²) in [7, 11) is 0. The summed E-state index contributed by atoms with van der Waals surface area (Å²) in [6.45, 7) is 5.80. The van der Waals surface area contributed by atoms with Gasteiger partial charge in [-0.15, -0.1) is 0 Å². The Labute approximate surface area is 118 Å². The average Bonchev–Trinajstić information content (AvgIpc) is 3.06. The molecule has 1 aromatic rings. The van der Waals surface area contributed by atoms with Crippen molar-refractivity contribution in [3.05, 3.63) is 11.7 Å². The van der Waals surface area contributed by atoms with E-state index in [4.69, 9.17) is 10.3 Å². The molecule has 1 aliphatic carbocycles. The van der Waals surface area contributed by atoms with Crippen molar-refractivity contribution < 1.29 is 9.32 Å². The van der Waals surface area contributed by atoms with Crippen molar-refractivity contribution in [2.24, 2.45) is 5.73 Å². The lowest BCUT2D eigenvalue weighted by Crippen LogP contribution is -2.53. The van der Waals surface area contributed by atoms with Crippen molar-refractivity contribution in [2.75, 3.05) is 26.2 Å². The first-order chi connectivity index (χ1) is 9.60. The molecule has 0 unspecified atom stereocenters. The Bertz CT molecular complexity index is 489.